The van der Waals surface area contributed by atoms with Gasteiger partial charge in [-0.3, -0.25) is 4.21 Å². The summed E-state index contributed by atoms with van der Waals surface area (Å²) in [6.45, 7) is 0. The van der Waals surface area contributed by atoms with Gasteiger partial charge in [0, 0.05) is 34.4 Å². The Hall–Kier alpha value is 0.110. The third-order valence-corrected chi connectivity index (χ3v) is 5.96. The zero-order valence-corrected chi connectivity index (χ0v) is 10.1. The van der Waals surface area contributed by atoms with E-state index < -0.39 is 10.8 Å². The highest BCUT2D eigenvalue weighted by atomic mass is 32.2. The van der Waals surface area contributed by atoms with Crippen molar-refractivity contribution in [2.24, 2.45) is 11.8 Å². The van der Waals surface area contributed by atoms with Crippen LogP contribution in [0.4, 0.5) is 0 Å². The molecule has 3 unspecified atom stereocenters. The standard InChI is InChI=1S/C12H21NOS/c14-15-5-3-11(4-6-15)13-12-8-9-1-2-10(12)7-9/h9-13H,1-8H2. The zero-order chi connectivity index (χ0) is 10.3. The Labute approximate surface area is 94.7 Å². The van der Waals surface area contributed by atoms with Crippen molar-refractivity contribution >= 4 is 10.8 Å². The molecule has 0 aromatic rings. The van der Waals surface area contributed by atoms with Crippen molar-refractivity contribution in [3.05, 3.63) is 0 Å². The third-order valence-electron chi connectivity index (χ3n) is 4.58. The molecule has 3 fully saturated rings. The molecule has 0 spiro atoms. The Balaban J connectivity index is 1.51. The summed E-state index contributed by atoms with van der Waals surface area (Å²) in [6.07, 6.45) is 8.13. The summed E-state index contributed by atoms with van der Waals surface area (Å²) in [6, 6.07) is 1.48. The van der Waals surface area contributed by atoms with Crippen molar-refractivity contribution in [2.75, 3.05) is 11.5 Å². The summed E-state index contributed by atoms with van der Waals surface area (Å²) >= 11 is 0. The first-order valence-corrected chi connectivity index (χ1v) is 7.91. The van der Waals surface area contributed by atoms with Crippen LogP contribution in [0.15, 0.2) is 0 Å². The SMILES string of the molecule is O=S1CCC(NC2CC3CCC2C3)CC1. The minimum absolute atomic E-state index is 0.506. The molecule has 1 aliphatic heterocycles. The normalized spacial score (nSPS) is 49.7. The van der Waals surface area contributed by atoms with Crippen molar-refractivity contribution in [3.8, 4) is 0 Å². The first-order valence-electron chi connectivity index (χ1n) is 6.42. The molecule has 3 heteroatoms. The molecule has 2 bridgehead atoms. The van der Waals surface area contributed by atoms with Gasteiger partial charge in [-0.1, -0.05) is 6.42 Å². The van der Waals surface area contributed by atoms with Crippen LogP contribution in [0.25, 0.3) is 0 Å². The van der Waals surface area contributed by atoms with Gasteiger partial charge in [-0.05, 0) is 43.9 Å². The van der Waals surface area contributed by atoms with Crippen LogP contribution in [0.1, 0.15) is 38.5 Å². The summed E-state index contributed by atoms with van der Waals surface area (Å²) in [4.78, 5) is 0. The number of fused-ring (bicyclic) bond motifs is 2. The van der Waals surface area contributed by atoms with Gasteiger partial charge in [0.05, 0.1) is 0 Å². The fraction of sp³-hybridized carbons (Fsp3) is 1.00. The molecule has 15 heavy (non-hydrogen) atoms. The average Bonchev–Trinajstić information content (AvgIpc) is 2.83. The van der Waals surface area contributed by atoms with Crippen LogP contribution in [0.5, 0.6) is 0 Å². The van der Waals surface area contributed by atoms with Crippen LogP contribution in [0, 0.1) is 11.8 Å². The van der Waals surface area contributed by atoms with Gasteiger partial charge in [0.1, 0.15) is 0 Å². The lowest BCUT2D eigenvalue weighted by atomic mass is 9.94. The number of hydrogen-bond donors (Lipinski definition) is 1. The van der Waals surface area contributed by atoms with Crippen molar-refractivity contribution < 1.29 is 4.21 Å². The highest BCUT2D eigenvalue weighted by Gasteiger charge is 2.40. The molecule has 2 nitrogen and oxygen atoms in total. The Morgan fingerprint density at radius 2 is 1.80 bits per heavy atom. The molecule has 2 saturated carbocycles. The van der Waals surface area contributed by atoms with Crippen LogP contribution in [0.3, 0.4) is 0 Å². The molecule has 0 radical (unpaired) electrons. The minimum atomic E-state index is -0.506. The maximum atomic E-state index is 11.3. The molecular weight excluding hydrogens is 206 g/mol. The van der Waals surface area contributed by atoms with Gasteiger partial charge in [-0.2, -0.15) is 0 Å². The maximum Gasteiger partial charge on any atom is 0.0249 e. The van der Waals surface area contributed by atoms with E-state index in [2.05, 4.69) is 5.32 Å². The van der Waals surface area contributed by atoms with Gasteiger partial charge in [-0.15, -0.1) is 0 Å². The van der Waals surface area contributed by atoms with Crippen LogP contribution in [-0.2, 0) is 10.8 Å². The molecule has 0 amide bonds. The zero-order valence-electron chi connectivity index (χ0n) is 9.28. The van der Waals surface area contributed by atoms with Crippen molar-refractivity contribution in [1.29, 1.82) is 0 Å². The highest BCUT2D eigenvalue weighted by Crippen LogP contribution is 2.44. The lowest BCUT2D eigenvalue weighted by molar-refractivity contribution is 0.308. The monoisotopic (exact) mass is 227 g/mol. The molecule has 0 aromatic carbocycles. The van der Waals surface area contributed by atoms with E-state index in [1.54, 1.807) is 0 Å². The Bertz CT molecular complexity index is 258. The molecular formula is C12H21NOS. The van der Waals surface area contributed by atoms with E-state index in [-0.39, 0.29) is 0 Å². The molecule has 1 N–H and O–H groups in total. The third kappa shape index (κ3) is 2.14. The predicted octanol–water partition coefficient (Wildman–Crippen LogP) is 1.68. The molecule has 3 atom stereocenters. The topological polar surface area (TPSA) is 29.1 Å². The summed E-state index contributed by atoms with van der Waals surface area (Å²) in [5.74, 6) is 3.87. The predicted molar refractivity (Wildman–Crippen MR) is 63.3 cm³/mol. The van der Waals surface area contributed by atoms with Crippen LogP contribution in [0.2, 0.25) is 0 Å². The largest absolute Gasteiger partial charge is 0.311 e. The maximum absolute atomic E-state index is 11.3. The second kappa shape index (κ2) is 4.17. The van der Waals surface area contributed by atoms with Gasteiger partial charge in [-0.25, -0.2) is 0 Å². The smallest absolute Gasteiger partial charge is 0.0249 e. The van der Waals surface area contributed by atoms with E-state index in [4.69, 9.17) is 0 Å². The van der Waals surface area contributed by atoms with Crippen LogP contribution >= 0.6 is 0 Å². The highest BCUT2D eigenvalue weighted by molar-refractivity contribution is 7.85. The van der Waals surface area contributed by atoms with E-state index in [1.165, 1.54) is 25.7 Å². The van der Waals surface area contributed by atoms with E-state index in [0.717, 1.165) is 42.2 Å². The van der Waals surface area contributed by atoms with E-state index in [9.17, 15) is 4.21 Å². The number of hydrogen-bond acceptors (Lipinski definition) is 2. The fourth-order valence-corrected chi connectivity index (χ4v) is 5.01. The van der Waals surface area contributed by atoms with E-state index >= 15 is 0 Å². The average molecular weight is 227 g/mol. The quantitative estimate of drug-likeness (QED) is 0.777. The Morgan fingerprint density at radius 1 is 1.00 bits per heavy atom. The fourth-order valence-electron chi connectivity index (χ4n) is 3.71. The molecule has 1 heterocycles. The summed E-state index contributed by atoms with van der Waals surface area (Å²) in [5, 5.41) is 3.84. The molecule has 0 aromatic heterocycles. The van der Waals surface area contributed by atoms with Crippen molar-refractivity contribution in [1.82, 2.24) is 5.32 Å². The van der Waals surface area contributed by atoms with Crippen molar-refractivity contribution in [2.45, 2.75) is 50.6 Å². The lowest BCUT2D eigenvalue weighted by Crippen LogP contribution is -2.44. The molecule has 3 rings (SSSR count). The molecule has 2 aliphatic carbocycles. The molecule has 86 valence electrons. The summed E-state index contributed by atoms with van der Waals surface area (Å²) in [7, 11) is -0.506. The molecule has 3 aliphatic rings. The minimum Gasteiger partial charge on any atom is -0.311 e. The van der Waals surface area contributed by atoms with E-state index in [1.807, 2.05) is 0 Å². The van der Waals surface area contributed by atoms with Crippen molar-refractivity contribution in [3.63, 3.8) is 0 Å². The van der Waals surface area contributed by atoms with Gasteiger partial charge >= 0.3 is 0 Å². The Kier molecular flexibility index (Phi) is 2.86. The summed E-state index contributed by atoms with van der Waals surface area (Å²) < 4.78 is 11.3. The van der Waals surface area contributed by atoms with E-state index in [0.29, 0.717) is 6.04 Å². The molecule has 1 saturated heterocycles. The van der Waals surface area contributed by atoms with Gasteiger partial charge in [0.15, 0.2) is 0 Å². The summed E-state index contributed by atoms with van der Waals surface area (Å²) in [5.41, 5.74) is 0. The number of rotatable bonds is 2. The second-order valence-corrected chi connectivity index (χ2v) is 7.27. The first-order chi connectivity index (χ1) is 7.31. The van der Waals surface area contributed by atoms with Gasteiger partial charge < -0.3 is 5.32 Å². The first kappa shape index (κ1) is 10.3. The number of nitrogens with one attached hydrogen (secondary N) is 1. The van der Waals surface area contributed by atoms with Gasteiger partial charge in [0.2, 0.25) is 0 Å². The van der Waals surface area contributed by atoms with Crippen LogP contribution < -0.4 is 5.32 Å². The second-order valence-electron chi connectivity index (χ2n) is 5.57. The van der Waals surface area contributed by atoms with Gasteiger partial charge in [0.25, 0.3) is 0 Å². The Morgan fingerprint density at radius 3 is 2.40 bits per heavy atom. The lowest BCUT2D eigenvalue weighted by Gasteiger charge is -2.30. The van der Waals surface area contributed by atoms with Crippen LogP contribution in [-0.4, -0.2) is 27.8 Å².